The Morgan fingerprint density at radius 3 is 2.72 bits per heavy atom. The van der Waals surface area contributed by atoms with Gasteiger partial charge in [-0.15, -0.1) is 5.10 Å². The number of fused-ring (bicyclic) bond motifs is 1. The van der Waals surface area contributed by atoms with E-state index in [1.807, 2.05) is 12.1 Å². The summed E-state index contributed by atoms with van der Waals surface area (Å²) in [6, 6.07) is 7.21. The Morgan fingerprint density at radius 2 is 2.04 bits per heavy atom. The lowest BCUT2D eigenvalue weighted by Gasteiger charge is -2.04. The van der Waals surface area contributed by atoms with Crippen LogP contribution in [0.2, 0.25) is 0 Å². The number of carbonyl (C=O) groups is 1. The first-order valence-corrected chi connectivity index (χ1v) is 7.34. The molecule has 7 nitrogen and oxygen atoms in total. The van der Waals surface area contributed by atoms with Gasteiger partial charge in [0.15, 0.2) is 0 Å². The van der Waals surface area contributed by atoms with Crippen molar-refractivity contribution in [3.8, 4) is 0 Å². The Morgan fingerprint density at radius 1 is 1.32 bits per heavy atom. The van der Waals surface area contributed by atoms with Gasteiger partial charge < -0.3 is 10.3 Å². The minimum atomic E-state index is -4.72. The fourth-order valence-electron chi connectivity index (χ4n) is 2.51. The highest BCUT2D eigenvalue weighted by molar-refractivity contribution is 6.06. The van der Waals surface area contributed by atoms with Gasteiger partial charge in [0, 0.05) is 30.7 Å². The van der Waals surface area contributed by atoms with Gasteiger partial charge in [0.25, 0.3) is 5.91 Å². The van der Waals surface area contributed by atoms with E-state index in [1.54, 1.807) is 18.3 Å². The molecule has 0 spiro atoms. The van der Waals surface area contributed by atoms with E-state index in [-0.39, 0.29) is 13.1 Å². The molecule has 2 aromatic heterocycles. The Bertz CT molecular complexity index is 983. The zero-order valence-corrected chi connectivity index (χ0v) is 13.1. The minimum absolute atomic E-state index is 0.0352. The number of nitrogens with one attached hydrogen (secondary N) is 2. The standard InChI is InChI=1S/C15H14F3N5O2/c1-22-13(15(16,17)18)21-23(14(22)25)7-6-19-12(24)10-8-20-11-5-3-2-4-9(10)11/h2-5,8,20H,6-7H2,1H3,(H,19,24). The van der Waals surface area contributed by atoms with E-state index in [0.717, 1.165) is 18.0 Å². The maximum atomic E-state index is 12.7. The lowest BCUT2D eigenvalue weighted by Crippen LogP contribution is -2.31. The SMILES string of the molecule is Cn1c(C(F)(F)F)nn(CCNC(=O)c2c[nH]c3ccccc23)c1=O. The van der Waals surface area contributed by atoms with E-state index in [1.165, 1.54) is 0 Å². The summed E-state index contributed by atoms with van der Waals surface area (Å²) in [6.45, 7) is -0.205. The number of halogens is 3. The van der Waals surface area contributed by atoms with E-state index < -0.39 is 23.6 Å². The number of aromatic amines is 1. The molecule has 0 aliphatic heterocycles. The van der Waals surface area contributed by atoms with Crippen LogP contribution >= 0.6 is 0 Å². The predicted octanol–water partition coefficient (Wildman–Crippen LogP) is 1.51. The molecule has 0 saturated carbocycles. The zero-order chi connectivity index (χ0) is 18.2. The van der Waals surface area contributed by atoms with Gasteiger partial charge in [-0.25, -0.2) is 9.48 Å². The molecule has 0 aliphatic carbocycles. The third-order valence-corrected chi connectivity index (χ3v) is 3.74. The molecule has 1 amide bonds. The van der Waals surface area contributed by atoms with Crippen molar-refractivity contribution in [3.05, 3.63) is 52.3 Å². The van der Waals surface area contributed by atoms with E-state index in [0.29, 0.717) is 14.8 Å². The monoisotopic (exact) mass is 353 g/mol. The van der Waals surface area contributed by atoms with Gasteiger partial charge in [-0.1, -0.05) is 18.2 Å². The lowest BCUT2D eigenvalue weighted by molar-refractivity contribution is -0.147. The second-order valence-corrected chi connectivity index (χ2v) is 5.39. The van der Waals surface area contributed by atoms with Gasteiger partial charge in [0.1, 0.15) is 0 Å². The second kappa shape index (κ2) is 6.11. The predicted molar refractivity (Wildman–Crippen MR) is 83.1 cm³/mol. The van der Waals surface area contributed by atoms with Crippen molar-refractivity contribution in [1.82, 2.24) is 24.6 Å². The van der Waals surface area contributed by atoms with Gasteiger partial charge in [0.05, 0.1) is 12.1 Å². The Kier molecular flexibility index (Phi) is 4.11. The highest BCUT2D eigenvalue weighted by Crippen LogP contribution is 2.25. The first-order valence-electron chi connectivity index (χ1n) is 7.34. The molecule has 2 N–H and O–H groups in total. The fourth-order valence-corrected chi connectivity index (χ4v) is 2.51. The molecule has 0 saturated heterocycles. The number of hydrogen-bond acceptors (Lipinski definition) is 3. The molecule has 0 aliphatic rings. The summed E-state index contributed by atoms with van der Waals surface area (Å²) in [5.74, 6) is -1.67. The molecule has 0 bridgehead atoms. The van der Waals surface area contributed by atoms with Crippen molar-refractivity contribution < 1.29 is 18.0 Å². The smallest absolute Gasteiger partial charge is 0.360 e. The molecule has 0 radical (unpaired) electrons. The molecule has 0 atom stereocenters. The van der Waals surface area contributed by atoms with Crippen LogP contribution in [-0.4, -0.2) is 31.8 Å². The van der Waals surface area contributed by atoms with Crippen molar-refractivity contribution in [3.63, 3.8) is 0 Å². The first-order chi connectivity index (χ1) is 11.8. The lowest BCUT2D eigenvalue weighted by atomic mass is 10.1. The summed E-state index contributed by atoms with van der Waals surface area (Å²) in [4.78, 5) is 26.9. The number of H-pyrrole nitrogens is 1. The molecule has 3 rings (SSSR count). The summed E-state index contributed by atoms with van der Waals surface area (Å²) < 4.78 is 39.3. The van der Waals surface area contributed by atoms with Gasteiger partial charge in [-0.2, -0.15) is 13.2 Å². The average molecular weight is 353 g/mol. The third-order valence-electron chi connectivity index (χ3n) is 3.74. The highest BCUT2D eigenvalue weighted by atomic mass is 19.4. The van der Waals surface area contributed by atoms with E-state index >= 15 is 0 Å². The first kappa shape index (κ1) is 16.8. The van der Waals surface area contributed by atoms with Crippen LogP contribution in [-0.2, 0) is 19.8 Å². The number of nitrogens with zero attached hydrogens (tertiary/aromatic N) is 3. The maximum Gasteiger partial charge on any atom is 0.451 e. The van der Waals surface area contributed by atoms with E-state index in [9.17, 15) is 22.8 Å². The zero-order valence-electron chi connectivity index (χ0n) is 13.1. The van der Waals surface area contributed by atoms with Crippen LogP contribution in [0.4, 0.5) is 13.2 Å². The topological polar surface area (TPSA) is 84.7 Å². The van der Waals surface area contributed by atoms with Crippen molar-refractivity contribution in [2.24, 2.45) is 7.05 Å². The number of amides is 1. The number of rotatable bonds is 4. The molecule has 1 aromatic carbocycles. The summed E-state index contributed by atoms with van der Waals surface area (Å²) >= 11 is 0. The summed E-state index contributed by atoms with van der Waals surface area (Å²) in [6.07, 6.45) is -3.17. The van der Waals surface area contributed by atoms with E-state index in [4.69, 9.17) is 0 Å². The second-order valence-electron chi connectivity index (χ2n) is 5.39. The van der Waals surface area contributed by atoms with Crippen LogP contribution in [0.3, 0.4) is 0 Å². The van der Waals surface area contributed by atoms with Crippen LogP contribution in [0.25, 0.3) is 10.9 Å². The van der Waals surface area contributed by atoms with Crippen molar-refractivity contribution in [1.29, 1.82) is 0 Å². The molecule has 132 valence electrons. The van der Waals surface area contributed by atoms with Crippen LogP contribution in [0.1, 0.15) is 16.2 Å². The van der Waals surface area contributed by atoms with Gasteiger partial charge in [-0.05, 0) is 6.07 Å². The number of carbonyl (C=O) groups excluding carboxylic acids is 1. The number of alkyl halides is 3. The molecule has 0 unspecified atom stereocenters. The third kappa shape index (κ3) is 3.14. The molecule has 10 heteroatoms. The molecule has 25 heavy (non-hydrogen) atoms. The quantitative estimate of drug-likeness (QED) is 0.746. The van der Waals surface area contributed by atoms with Gasteiger partial charge in [-0.3, -0.25) is 9.36 Å². The summed E-state index contributed by atoms with van der Waals surface area (Å²) in [7, 11) is 0.999. The minimum Gasteiger partial charge on any atom is -0.360 e. The van der Waals surface area contributed by atoms with E-state index in [2.05, 4.69) is 15.4 Å². The fraction of sp³-hybridized carbons (Fsp3) is 0.267. The Balaban J connectivity index is 1.69. The molecule has 3 aromatic rings. The largest absolute Gasteiger partial charge is 0.451 e. The highest BCUT2D eigenvalue weighted by Gasteiger charge is 2.37. The van der Waals surface area contributed by atoms with Crippen molar-refractivity contribution in [2.75, 3.05) is 6.54 Å². The summed E-state index contributed by atoms with van der Waals surface area (Å²) in [5, 5.41) is 6.58. The number of aromatic nitrogens is 4. The van der Waals surface area contributed by atoms with Gasteiger partial charge in [0.2, 0.25) is 5.82 Å². The molecule has 2 heterocycles. The van der Waals surface area contributed by atoms with Crippen LogP contribution in [0, 0.1) is 0 Å². The normalized spacial score (nSPS) is 11.8. The van der Waals surface area contributed by atoms with Crippen LogP contribution in [0.5, 0.6) is 0 Å². The van der Waals surface area contributed by atoms with Crippen molar-refractivity contribution >= 4 is 16.8 Å². The maximum absolute atomic E-state index is 12.7. The Hall–Kier alpha value is -3.04. The average Bonchev–Trinajstić information content (AvgIpc) is 3.10. The van der Waals surface area contributed by atoms with Crippen LogP contribution < -0.4 is 11.0 Å². The number of hydrogen-bond donors (Lipinski definition) is 2. The van der Waals surface area contributed by atoms with Crippen LogP contribution in [0.15, 0.2) is 35.3 Å². The molecular formula is C15H14F3N5O2. The Labute approximate surface area is 139 Å². The van der Waals surface area contributed by atoms with Crippen molar-refractivity contribution in [2.45, 2.75) is 12.7 Å². The number of para-hydroxylation sites is 1. The molecule has 0 fully saturated rings. The van der Waals surface area contributed by atoms with Gasteiger partial charge >= 0.3 is 11.9 Å². The summed E-state index contributed by atoms with van der Waals surface area (Å²) in [5.41, 5.74) is 0.317. The molecular weight excluding hydrogens is 339 g/mol. The number of benzene rings is 1.